The third kappa shape index (κ3) is 2.97. The van der Waals surface area contributed by atoms with Gasteiger partial charge in [-0.2, -0.15) is 0 Å². The Morgan fingerprint density at radius 1 is 0.933 bits per heavy atom. The second-order valence-electron chi connectivity index (χ2n) is 3.22. The maximum Gasteiger partial charge on any atom is 0.0411 e. The molecule has 0 spiro atoms. The highest BCUT2D eigenvalue weighted by Gasteiger charge is 1.89. The zero-order valence-electron chi connectivity index (χ0n) is 8.15. The average molecular weight is 214 g/mol. The molecule has 1 heteroatoms. The molecule has 0 amide bonds. The van der Waals surface area contributed by atoms with Gasteiger partial charge in [0.1, 0.15) is 0 Å². The summed E-state index contributed by atoms with van der Waals surface area (Å²) in [6, 6.07) is 18.6. The summed E-state index contributed by atoms with van der Waals surface area (Å²) >= 11 is 5.89. The Morgan fingerprint density at radius 2 is 1.67 bits per heavy atom. The molecule has 0 aromatic heterocycles. The standard InChI is InChI=1S/C14H10Cl/c15-14-8-4-7-13(11-14)10-9-12-5-2-1-3-6-12/h2-11H. The van der Waals surface area contributed by atoms with Crippen molar-refractivity contribution in [2.24, 2.45) is 0 Å². The molecule has 0 N–H and O–H groups in total. The van der Waals surface area contributed by atoms with Crippen LogP contribution >= 0.6 is 11.6 Å². The van der Waals surface area contributed by atoms with Crippen molar-refractivity contribution < 1.29 is 0 Å². The highest BCUT2D eigenvalue weighted by Crippen LogP contribution is 2.13. The van der Waals surface area contributed by atoms with E-state index in [4.69, 9.17) is 11.6 Å². The Morgan fingerprint density at radius 3 is 2.40 bits per heavy atom. The molecule has 0 bridgehead atoms. The van der Waals surface area contributed by atoms with E-state index in [1.165, 1.54) is 0 Å². The van der Waals surface area contributed by atoms with E-state index in [-0.39, 0.29) is 0 Å². The first kappa shape index (κ1) is 10.0. The van der Waals surface area contributed by atoms with Gasteiger partial charge < -0.3 is 0 Å². The summed E-state index contributed by atoms with van der Waals surface area (Å²) in [6.07, 6.45) is 4.10. The number of halogens is 1. The summed E-state index contributed by atoms with van der Waals surface area (Å²) in [6.45, 7) is 0. The van der Waals surface area contributed by atoms with Crippen molar-refractivity contribution in [3.8, 4) is 0 Å². The quantitative estimate of drug-likeness (QED) is 0.652. The van der Waals surface area contributed by atoms with Crippen molar-refractivity contribution in [3.05, 3.63) is 70.7 Å². The smallest absolute Gasteiger partial charge is 0.0411 e. The monoisotopic (exact) mass is 213 g/mol. The SMILES string of the molecule is Clc1cccc(C=Cc2cc[c]cc2)c1. The van der Waals surface area contributed by atoms with E-state index in [1.807, 2.05) is 54.6 Å². The molecule has 2 aromatic rings. The molecule has 0 nitrogen and oxygen atoms in total. The van der Waals surface area contributed by atoms with Crippen molar-refractivity contribution in [2.45, 2.75) is 0 Å². The van der Waals surface area contributed by atoms with Gasteiger partial charge in [0.15, 0.2) is 0 Å². The molecule has 0 aliphatic rings. The van der Waals surface area contributed by atoms with E-state index in [0.717, 1.165) is 16.1 Å². The van der Waals surface area contributed by atoms with E-state index in [0.29, 0.717) is 0 Å². The van der Waals surface area contributed by atoms with E-state index in [9.17, 15) is 0 Å². The second kappa shape index (κ2) is 4.81. The molecule has 0 saturated carbocycles. The Labute approximate surface area is 94.8 Å². The van der Waals surface area contributed by atoms with Crippen LogP contribution in [-0.2, 0) is 0 Å². The van der Waals surface area contributed by atoms with E-state index in [2.05, 4.69) is 12.1 Å². The van der Waals surface area contributed by atoms with Crippen LogP contribution in [0, 0.1) is 6.07 Å². The minimum absolute atomic E-state index is 0.763. The van der Waals surface area contributed by atoms with Gasteiger partial charge in [0.25, 0.3) is 0 Å². The van der Waals surface area contributed by atoms with Crippen LogP contribution in [0.3, 0.4) is 0 Å². The molecule has 0 unspecified atom stereocenters. The van der Waals surface area contributed by atoms with Gasteiger partial charge in [-0.1, -0.05) is 60.2 Å². The van der Waals surface area contributed by atoms with E-state index in [1.54, 1.807) is 0 Å². The first-order chi connectivity index (χ1) is 7.34. The number of benzene rings is 2. The molecule has 15 heavy (non-hydrogen) atoms. The molecule has 0 aliphatic heterocycles. The van der Waals surface area contributed by atoms with E-state index < -0.39 is 0 Å². The molecular formula is C14H10Cl. The zero-order chi connectivity index (χ0) is 10.5. The molecule has 2 rings (SSSR count). The topological polar surface area (TPSA) is 0 Å². The lowest BCUT2D eigenvalue weighted by molar-refractivity contribution is 1.64. The fourth-order valence-electron chi connectivity index (χ4n) is 1.31. The molecular weight excluding hydrogens is 204 g/mol. The van der Waals surface area contributed by atoms with Crippen LogP contribution in [0.1, 0.15) is 11.1 Å². The van der Waals surface area contributed by atoms with Crippen LogP contribution in [0.25, 0.3) is 12.2 Å². The lowest BCUT2D eigenvalue weighted by Gasteiger charge is -1.94. The third-order valence-corrected chi connectivity index (χ3v) is 2.30. The van der Waals surface area contributed by atoms with Crippen LogP contribution in [0.15, 0.2) is 48.5 Å². The molecule has 73 valence electrons. The normalized spacial score (nSPS) is 10.7. The first-order valence-corrected chi connectivity index (χ1v) is 5.12. The predicted octanol–water partition coefficient (Wildman–Crippen LogP) is 4.31. The summed E-state index contributed by atoms with van der Waals surface area (Å²) in [5, 5.41) is 0.763. The molecule has 0 saturated heterocycles. The van der Waals surface area contributed by atoms with Gasteiger partial charge in [-0.05, 0) is 29.3 Å². The van der Waals surface area contributed by atoms with Crippen LogP contribution in [0.4, 0.5) is 0 Å². The molecule has 2 aromatic carbocycles. The Kier molecular flexibility index (Phi) is 3.21. The Hall–Kier alpha value is -1.53. The molecule has 0 fully saturated rings. The van der Waals surface area contributed by atoms with Gasteiger partial charge in [0.2, 0.25) is 0 Å². The maximum absolute atomic E-state index is 5.89. The average Bonchev–Trinajstić information content (AvgIpc) is 2.28. The maximum atomic E-state index is 5.89. The van der Waals surface area contributed by atoms with Crippen molar-refractivity contribution >= 4 is 23.8 Å². The first-order valence-electron chi connectivity index (χ1n) is 4.74. The van der Waals surface area contributed by atoms with Gasteiger partial charge in [0.05, 0.1) is 0 Å². The Bertz CT molecular complexity index is 458. The number of hydrogen-bond donors (Lipinski definition) is 0. The lowest BCUT2D eigenvalue weighted by Crippen LogP contribution is -1.72. The van der Waals surface area contributed by atoms with Crippen molar-refractivity contribution in [1.29, 1.82) is 0 Å². The summed E-state index contributed by atoms with van der Waals surface area (Å²) in [7, 11) is 0. The zero-order valence-corrected chi connectivity index (χ0v) is 8.91. The van der Waals surface area contributed by atoms with E-state index >= 15 is 0 Å². The van der Waals surface area contributed by atoms with Crippen LogP contribution < -0.4 is 0 Å². The molecule has 0 atom stereocenters. The summed E-state index contributed by atoms with van der Waals surface area (Å²) in [4.78, 5) is 0. The largest absolute Gasteiger partial charge is 0.0843 e. The van der Waals surface area contributed by atoms with Gasteiger partial charge in [-0.3, -0.25) is 0 Å². The molecule has 0 heterocycles. The number of hydrogen-bond acceptors (Lipinski definition) is 0. The van der Waals surface area contributed by atoms with Gasteiger partial charge >= 0.3 is 0 Å². The summed E-state index contributed by atoms with van der Waals surface area (Å²) in [5.74, 6) is 0. The fourth-order valence-corrected chi connectivity index (χ4v) is 1.51. The van der Waals surface area contributed by atoms with Crippen molar-refractivity contribution in [3.63, 3.8) is 0 Å². The molecule has 0 aliphatic carbocycles. The summed E-state index contributed by atoms with van der Waals surface area (Å²) < 4.78 is 0. The predicted molar refractivity (Wildman–Crippen MR) is 65.7 cm³/mol. The minimum atomic E-state index is 0.763. The van der Waals surface area contributed by atoms with Gasteiger partial charge in [-0.25, -0.2) is 0 Å². The highest BCUT2D eigenvalue weighted by atomic mass is 35.5. The van der Waals surface area contributed by atoms with Gasteiger partial charge in [-0.15, -0.1) is 0 Å². The summed E-state index contributed by atoms with van der Waals surface area (Å²) in [5.41, 5.74) is 2.27. The number of rotatable bonds is 2. The third-order valence-electron chi connectivity index (χ3n) is 2.06. The minimum Gasteiger partial charge on any atom is -0.0843 e. The lowest BCUT2D eigenvalue weighted by atomic mass is 10.1. The van der Waals surface area contributed by atoms with Crippen molar-refractivity contribution in [1.82, 2.24) is 0 Å². The van der Waals surface area contributed by atoms with Crippen LogP contribution in [0.2, 0.25) is 5.02 Å². The van der Waals surface area contributed by atoms with Crippen LogP contribution in [-0.4, -0.2) is 0 Å². The Balaban J connectivity index is 2.19. The van der Waals surface area contributed by atoms with Gasteiger partial charge in [0, 0.05) is 5.02 Å². The second-order valence-corrected chi connectivity index (χ2v) is 3.66. The van der Waals surface area contributed by atoms with Crippen molar-refractivity contribution in [2.75, 3.05) is 0 Å². The molecule has 1 radical (unpaired) electrons. The highest BCUT2D eigenvalue weighted by molar-refractivity contribution is 6.30. The fraction of sp³-hybridized carbons (Fsp3) is 0. The van der Waals surface area contributed by atoms with Crippen LogP contribution in [0.5, 0.6) is 0 Å².